The first-order chi connectivity index (χ1) is 16.4. The van der Waals surface area contributed by atoms with Gasteiger partial charge in [0.15, 0.2) is 0 Å². The monoisotopic (exact) mass is 466 g/mol. The lowest BCUT2D eigenvalue weighted by Crippen LogP contribution is -2.36. The Balaban J connectivity index is 1.51. The van der Waals surface area contributed by atoms with Gasteiger partial charge >= 0.3 is 0 Å². The number of nitrogens with one attached hydrogen (secondary N) is 2. The fourth-order valence-electron chi connectivity index (χ4n) is 4.02. The Morgan fingerprint density at radius 3 is 2.50 bits per heavy atom. The lowest BCUT2D eigenvalue weighted by Gasteiger charge is -2.28. The molecule has 0 atom stereocenters. The number of benzene rings is 1. The highest BCUT2D eigenvalue weighted by Crippen LogP contribution is 2.33. The van der Waals surface area contributed by atoms with Crippen LogP contribution in [0.5, 0.6) is 0 Å². The third-order valence-corrected chi connectivity index (χ3v) is 5.71. The SMILES string of the molecule is NC(=O)c1cc(F)c(-c2cc(Nc3ccc(N4CCOCC4)cn3)c3c(n2)CNC3=O)c(F)c1. The second-order valence-electron chi connectivity index (χ2n) is 7.86. The highest BCUT2D eigenvalue weighted by Gasteiger charge is 2.27. The summed E-state index contributed by atoms with van der Waals surface area (Å²) in [6, 6.07) is 6.75. The van der Waals surface area contributed by atoms with E-state index < -0.39 is 23.1 Å². The molecular weight excluding hydrogens is 446 g/mol. The molecule has 2 aliphatic heterocycles. The Labute approximate surface area is 192 Å². The van der Waals surface area contributed by atoms with E-state index in [1.807, 2.05) is 6.07 Å². The first kappa shape index (κ1) is 21.7. The van der Waals surface area contributed by atoms with Gasteiger partial charge in [-0.2, -0.15) is 0 Å². The van der Waals surface area contributed by atoms with Gasteiger partial charge in [0.2, 0.25) is 5.91 Å². The molecule has 1 saturated heterocycles. The van der Waals surface area contributed by atoms with Crippen LogP contribution < -0.4 is 21.3 Å². The van der Waals surface area contributed by atoms with Crippen molar-refractivity contribution in [2.24, 2.45) is 5.73 Å². The summed E-state index contributed by atoms with van der Waals surface area (Å²) in [7, 11) is 0. The van der Waals surface area contributed by atoms with Crippen LogP contribution in [-0.2, 0) is 11.3 Å². The molecule has 0 bridgehead atoms. The van der Waals surface area contributed by atoms with E-state index >= 15 is 0 Å². The fraction of sp³-hybridized carbons (Fsp3) is 0.217. The van der Waals surface area contributed by atoms with Crippen LogP contribution in [0, 0.1) is 11.6 Å². The van der Waals surface area contributed by atoms with Gasteiger partial charge in [-0.05, 0) is 30.3 Å². The standard InChI is InChI=1S/C23H20F2N6O3/c24-14-7-12(22(26)32)8-15(25)20(14)16-9-17(21-18(29-16)11-28-23(21)33)30-19-2-1-13(10-27-19)31-3-5-34-6-4-31/h1-2,7-10H,3-6,11H2,(H2,26,32)(H,28,33)(H,27,29,30). The molecule has 0 aliphatic carbocycles. The predicted octanol–water partition coefficient (Wildman–Crippen LogP) is 2.34. The lowest BCUT2D eigenvalue weighted by atomic mass is 10.0. The van der Waals surface area contributed by atoms with Crippen molar-refractivity contribution in [1.82, 2.24) is 15.3 Å². The Hall–Kier alpha value is -4.12. The van der Waals surface area contributed by atoms with Gasteiger partial charge in [-0.15, -0.1) is 0 Å². The maximum atomic E-state index is 14.7. The van der Waals surface area contributed by atoms with Crippen LogP contribution in [0.25, 0.3) is 11.3 Å². The van der Waals surface area contributed by atoms with E-state index in [4.69, 9.17) is 10.5 Å². The Morgan fingerprint density at radius 2 is 1.85 bits per heavy atom. The Kier molecular flexibility index (Phi) is 5.54. The van der Waals surface area contributed by atoms with Gasteiger partial charge in [0.25, 0.3) is 5.91 Å². The van der Waals surface area contributed by atoms with E-state index in [0.29, 0.717) is 30.4 Å². The van der Waals surface area contributed by atoms with Gasteiger partial charge in [0.05, 0.1) is 59.8 Å². The van der Waals surface area contributed by atoms with Gasteiger partial charge in [-0.25, -0.2) is 18.7 Å². The number of nitrogens with two attached hydrogens (primary N) is 1. The minimum Gasteiger partial charge on any atom is -0.378 e. The molecular formula is C23H20F2N6O3. The molecule has 0 saturated carbocycles. The molecule has 0 unspecified atom stereocenters. The van der Waals surface area contributed by atoms with Gasteiger partial charge in [0.1, 0.15) is 17.5 Å². The van der Waals surface area contributed by atoms with Crippen molar-refractivity contribution in [2.45, 2.75) is 6.54 Å². The molecule has 5 rings (SSSR count). The zero-order valence-electron chi connectivity index (χ0n) is 17.9. The zero-order chi connectivity index (χ0) is 23.8. The number of nitrogens with zero attached hydrogens (tertiary/aromatic N) is 3. The number of primary amides is 1. The summed E-state index contributed by atoms with van der Waals surface area (Å²) in [6.07, 6.45) is 1.71. The molecule has 1 aromatic carbocycles. The average Bonchev–Trinajstić information content (AvgIpc) is 3.20. The number of carbonyl (C=O) groups excluding carboxylic acids is 2. The van der Waals surface area contributed by atoms with Gasteiger partial charge in [0, 0.05) is 18.7 Å². The predicted molar refractivity (Wildman–Crippen MR) is 120 cm³/mol. The largest absolute Gasteiger partial charge is 0.378 e. The summed E-state index contributed by atoms with van der Waals surface area (Å²) < 4.78 is 34.9. The van der Waals surface area contributed by atoms with Crippen LogP contribution in [0.4, 0.5) is 26.0 Å². The molecule has 1 fully saturated rings. The second kappa shape index (κ2) is 8.67. The summed E-state index contributed by atoms with van der Waals surface area (Å²) in [5, 5.41) is 5.74. The minimum absolute atomic E-state index is 0.0336. The van der Waals surface area contributed by atoms with Crippen molar-refractivity contribution in [3.8, 4) is 11.3 Å². The molecule has 2 aromatic heterocycles. The maximum absolute atomic E-state index is 14.7. The van der Waals surface area contributed by atoms with E-state index in [1.54, 1.807) is 12.3 Å². The molecule has 2 aliphatic rings. The number of hydrogen-bond donors (Lipinski definition) is 3. The number of rotatable bonds is 5. The van der Waals surface area contributed by atoms with Crippen LogP contribution in [0.2, 0.25) is 0 Å². The molecule has 3 aromatic rings. The number of ether oxygens (including phenoxy) is 1. The maximum Gasteiger partial charge on any atom is 0.255 e. The smallest absolute Gasteiger partial charge is 0.255 e. The van der Waals surface area contributed by atoms with E-state index in [2.05, 4.69) is 25.5 Å². The fourth-order valence-corrected chi connectivity index (χ4v) is 4.02. The first-order valence-corrected chi connectivity index (χ1v) is 10.6. The number of halogens is 2. The third-order valence-electron chi connectivity index (χ3n) is 5.71. The Morgan fingerprint density at radius 1 is 1.12 bits per heavy atom. The van der Waals surface area contributed by atoms with Gasteiger partial charge < -0.3 is 26.0 Å². The number of carbonyl (C=O) groups is 2. The van der Waals surface area contributed by atoms with Crippen LogP contribution in [0.15, 0.2) is 36.5 Å². The zero-order valence-corrected chi connectivity index (χ0v) is 17.9. The second-order valence-corrected chi connectivity index (χ2v) is 7.86. The van der Waals surface area contributed by atoms with E-state index in [-0.39, 0.29) is 29.3 Å². The number of hydrogen-bond acceptors (Lipinski definition) is 7. The number of pyridine rings is 2. The topological polar surface area (TPSA) is 122 Å². The number of aromatic nitrogens is 2. The quantitative estimate of drug-likeness (QED) is 0.528. The van der Waals surface area contributed by atoms with Gasteiger partial charge in [-0.1, -0.05) is 0 Å². The number of morpholine rings is 1. The molecule has 0 spiro atoms. The minimum atomic E-state index is -0.988. The summed E-state index contributed by atoms with van der Waals surface area (Å²) >= 11 is 0. The highest BCUT2D eigenvalue weighted by molar-refractivity contribution is 6.04. The average molecular weight is 466 g/mol. The summed E-state index contributed by atoms with van der Waals surface area (Å²) in [6.45, 7) is 2.94. The molecule has 174 valence electrons. The highest BCUT2D eigenvalue weighted by atomic mass is 19.1. The molecule has 34 heavy (non-hydrogen) atoms. The lowest BCUT2D eigenvalue weighted by molar-refractivity contribution is 0.0964. The van der Waals surface area contributed by atoms with Crippen LogP contribution in [-0.4, -0.2) is 48.1 Å². The number of fused-ring (bicyclic) bond motifs is 1. The summed E-state index contributed by atoms with van der Waals surface area (Å²) in [5.41, 5.74) is 6.24. The van der Waals surface area contributed by atoms with Crippen molar-refractivity contribution >= 4 is 29.0 Å². The van der Waals surface area contributed by atoms with E-state index in [9.17, 15) is 18.4 Å². The number of anilines is 3. The van der Waals surface area contributed by atoms with Crippen molar-refractivity contribution in [1.29, 1.82) is 0 Å². The van der Waals surface area contributed by atoms with Crippen molar-refractivity contribution in [3.05, 3.63) is 65.0 Å². The van der Waals surface area contributed by atoms with Crippen LogP contribution >= 0.6 is 0 Å². The van der Waals surface area contributed by atoms with E-state index in [1.165, 1.54) is 6.07 Å². The third kappa shape index (κ3) is 4.01. The molecule has 2 amide bonds. The molecule has 4 heterocycles. The van der Waals surface area contributed by atoms with E-state index in [0.717, 1.165) is 30.9 Å². The van der Waals surface area contributed by atoms with Crippen molar-refractivity contribution in [2.75, 3.05) is 36.5 Å². The molecule has 9 nitrogen and oxygen atoms in total. The van der Waals surface area contributed by atoms with Crippen molar-refractivity contribution < 1.29 is 23.1 Å². The molecule has 4 N–H and O–H groups in total. The van der Waals surface area contributed by atoms with Crippen LogP contribution in [0.3, 0.4) is 0 Å². The number of amides is 2. The van der Waals surface area contributed by atoms with Gasteiger partial charge in [-0.3, -0.25) is 9.59 Å². The molecule has 0 radical (unpaired) electrons. The summed E-state index contributed by atoms with van der Waals surface area (Å²) in [4.78, 5) is 34.6. The first-order valence-electron chi connectivity index (χ1n) is 10.6. The van der Waals surface area contributed by atoms with Crippen LogP contribution in [0.1, 0.15) is 26.4 Å². The Bertz CT molecular complexity index is 1270. The molecule has 11 heteroatoms. The normalized spacial score (nSPS) is 15.1. The summed E-state index contributed by atoms with van der Waals surface area (Å²) in [5.74, 6) is -2.84. The van der Waals surface area contributed by atoms with Crippen molar-refractivity contribution in [3.63, 3.8) is 0 Å².